The maximum absolute atomic E-state index is 12.2. The Kier molecular flexibility index (Phi) is 42.0. The zero-order chi connectivity index (χ0) is 38.6. The van der Waals surface area contributed by atoms with Crippen molar-refractivity contribution in [1.29, 1.82) is 0 Å². The Labute approximate surface area is 329 Å². The lowest BCUT2D eigenvalue weighted by Gasteiger charge is -2.19. The number of hydrogen-bond acceptors (Lipinski definition) is 3. The highest BCUT2D eigenvalue weighted by atomic mass is 16.3. The number of carbonyl (C=O) groups is 1. The average molecular weight is 736 g/mol. The van der Waals surface area contributed by atoms with E-state index in [0.717, 1.165) is 70.6 Å². The van der Waals surface area contributed by atoms with E-state index in [9.17, 15) is 15.0 Å². The normalized spacial score (nSPS) is 13.8. The standard InChI is InChI=1S/C49H85NO3/c1-3-5-7-9-10-11-12-13-14-15-16-17-18-19-20-21-22-23-24-25-26-27-28-29-30-31-32-33-34-35-36-37-38-39-40-41-43-45-49(53)50-47(46-51)48(52)44-42-8-6-4-2/h5,7,10-11,13-14,16-17,19-20,22-23,42,44,47-48,51-52H,3-4,6,8-9,12,15,18,21,24-41,43,45-46H2,1-2H3,(H,50,53)/b7-5-,11-10-,14-13-,17-16-,20-19-,23-22-,44-42+. The van der Waals surface area contributed by atoms with E-state index in [-0.39, 0.29) is 12.5 Å². The molecule has 2 unspecified atom stereocenters. The molecule has 0 radical (unpaired) electrons. The van der Waals surface area contributed by atoms with Gasteiger partial charge in [-0.3, -0.25) is 4.79 Å². The van der Waals surface area contributed by atoms with Crippen LogP contribution in [0.1, 0.15) is 200 Å². The minimum absolute atomic E-state index is 0.0755. The Morgan fingerprint density at radius 3 is 1.23 bits per heavy atom. The molecule has 0 rings (SSSR count). The van der Waals surface area contributed by atoms with Crippen LogP contribution in [0.5, 0.6) is 0 Å². The second-order valence-corrected chi connectivity index (χ2v) is 14.7. The number of rotatable bonds is 39. The zero-order valence-electron chi connectivity index (χ0n) is 34.8. The van der Waals surface area contributed by atoms with Crippen LogP contribution >= 0.6 is 0 Å². The van der Waals surface area contributed by atoms with Crippen molar-refractivity contribution in [2.24, 2.45) is 0 Å². The molecule has 53 heavy (non-hydrogen) atoms. The lowest BCUT2D eigenvalue weighted by atomic mass is 10.0. The van der Waals surface area contributed by atoms with Gasteiger partial charge in [0.05, 0.1) is 18.8 Å². The molecule has 0 spiro atoms. The third-order valence-electron chi connectivity index (χ3n) is 9.63. The summed E-state index contributed by atoms with van der Waals surface area (Å²) in [5.41, 5.74) is 0. The van der Waals surface area contributed by atoms with Crippen molar-refractivity contribution in [3.05, 3.63) is 85.1 Å². The molecule has 0 bridgehead atoms. The lowest BCUT2D eigenvalue weighted by molar-refractivity contribution is -0.123. The van der Waals surface area contributed by atoms with E-state index in [1.165, 1.54) is 109 Å². The maximum Gasteiger partial charge on any atom is 0.220 e. The highest BCUT2D eigenvalue weighted by Crippen LogP contribution is 2.15. The summed E-state index contributed by atoms with van der Waals surface area (Å²) in [7, 11) is 0. The molecule has 0 aromatic heterocycles. The molecule has 0 aliphatic carbocycles. The van der Waals surface area contributed by atoms with Crippen molar-refractivity contribution < 1.29 is 15.0 Å². The van der Waals surface area contributed by atoms with Crippen molar-refractivity contribution in [2.75, 3.05) is 6.61 Å². The number of carbonyl (C=O) groups excluding carboxylic acids is 1. The minimum atomic E-state index is -0.836. The smallest absolute Gasteiger partial charge is 0.220 e. The maximum atomic E-state index is 12.2. The third kappa shape index (κ3) is 40.6. The van der Waals surface area contributed by atoms with Gasteiger partial charge in [0.15, 0.2) is 0 Å². The fourth-order valence-corrected chi connectivity index (χ4v) is 6.23. The van der Waals surface area contributed by atoms with E-state index in [4.69, 9.17) is 0 Å². The summed E-state index contributed by atoms with van der Waals surface area (Å²) in [6.45, 7) is 4.05. The fraction of sp³-hybridized carbons (Fsp3) is 0.694. The van der Waals surface area contributed by atoms with Crippen LogP contribution in [-0.2, 0) is 4.79 Å². The van der Waals surface area contributed by atoms with Crippen LogP contribution in [-0.4, -0.2) is 34.9 Å². The Balaban J connectivity index is 3.41. The van der Waals surface area contributed by atoms with E-state index in [1.807, 2.05) is 6.08 Å². The van der Waals surface area contributed by atoms with E-state index in [0.29, 0.717) is 6.42 Å². The van der Waals surface area contributed by atoms with Gasteiger partial charge in [0, 0.05) is 6.42 Å². The largest absolute Gasteiger partial charge is 0.394 e. The first-order valence-electron chi connectivity index (χ1n) is 22.3. The molecule has 0 aliphatic rings. The number of hydrogen-bond donors (Lipinski definition) is 3. The summed E-state index contributed by atoms with van der Waals surface area (Å²) in [4.78, 5) is 12.2. The SMILES string of the molecule is CC/C=C\C/C=C\C/C=C\C/C=C\C/C=C\C/C=C\CCCCCCCCCCCCCCCCCCCCC(=O)NC(CO)C(O)/C=C/CCCC. The number of aliphatic hydroxyl groups excluding tert-OH is 2. The minimum Gasteiger partial charge on any atom is -0.394 e. The van der Waals surface area contributed by atoms with E-state index < -0.39 is 12.1 Å². The molecular weight excluding hydrogens is 651 g/mol. The Morgan fingerprint density at radius 2 is 0.830 bits per heavy atom. The van der Waals surface area contributed by atoms with Crippen LogP contribution in [0.15, 0.2) is 85.1 Å². The first-order chi connectivity index (χ1) is 26.2. The number of aliphatic hydroxyl groups is 2. The number of nitrogens with one attached hydrogen (secondary N) is 1. The number of unbranched alkanes of at least 4 members (excludes halogenated alkanes) is 20. The molecule has 304 valence electrons. The van der Waals surface area contributed by atoms with Crippen LogP contribution in [0.4, 0.5) is 0 Å². The summed E-state index contributed by atoms with van der Waals surface area (Å²) in [5, 5.41) is 22.5. The summed E-state index contributed by atoms with van der Waals surface area (Å²) in [6, 6.07) is -0.619. The van der Waals surface area contributed by atoms with Crippen molar-refractivity contribution in [3.63, 3.8) is 0 Å². The number of amides is 1. The van der Waals surface area contributed by atoms with Gasteiger partial charge in [0.2, 0.25) is 5.91 Å². The van der Waals surface area contributed by atoms with Gasteiger partial charge in [0.25, 0.3) is 0 Å². The van der Waals surface area contributed by atoms with Crippen LogP contribution in [0, 0.1) is 0 Å². The topological polar surface area (TPSA) is 69.6 Å². The van der Waals surface area contributed by atoms with Gasteiger partial charge in [-0.15, -0.1) is 0 Å². The monoisotopic (exact) mass is 736 g/mol. The predicted octanol–water partition coefficient (Wildman–Crippen LogP) is 14.1. The molecule has 1 amide bonds. The molecule has 0 fully saturated rings. The molecule has 0 saturated heterocycles. The molecule has 2 atom stereocenters. The third-order valence-corrected chi connectivity index (χ3v) is 9.63. The van der Waals surface area contributed by atoms with Gasteiger partial charge in [-0.25, -0.2) is 0 Å². The first kappa shape index (κ1) is 50.6. The van der Waals surface area contributed by atoms with Gasteiger partial charge in [-0.1, -0.05) is 214 Å². The van der Waals surface area contributed by atoms with Crippen LogP contribution in [0.3, 0.4) is 0 Å². The fourth-order valence-electron chi connectivity index (χ4n) is 6.23. The molecular formula is C49H85NO3. The summed E-state index contributed by atoms with van der Waals surface area (Å²) in [6.07, 6.45) is 64.7. The van der Waals surface area contributed by atoms with Crippen molar-refractivity contribution in [1.82, 2.24) is 5.32 Å². The van der Waals surface area contributed by atoms with E-state index in [2.05, 4.69) is 92.1 Å². The Bertz CT molecular complexity index is 972. The second kappa shape index (κ2) is 44.0. The summed E-state index contributed by atoms with van der Waals surface area (Å²) < 4.78 is 0. The molecule has 3 N–H and O–H groups in total. The van der Waals surface area contributed by atoms with Gasteiger partial charge in [-0.2, -0.15) is 0 Å². The van der Waals surface area contributed by atoms with Crippen LogP contribution < -0.4 is 5.32 Å². The molecule has 4 heteroatoms. The molecule has 0 aromatic rings. The van der Waals surface area contributed by atoms with Gasteiger partial charge in [-0.05, 0) is 64.2 Å². The van der Waals surface area contributed by atoms with Gasteiger partial charge in [0.1, 0.15) is 0 Å². The molecule has 0 aliphatic heterocycles. The van der Waals surface area contributed by atoms with Gasteiger partial charge < -0.3 is 15.5 Å². The van der Waals surface area contributed by atoms with Crippen LogP contribution in [0.2, 0.25) is 0 Å². The molecule has 0 aromatic carbocycles. The van der Waals surface area contributed by atoms with E-state index >= 15 is 0 Å². The van der Waals surface area contributed by atoms with Crippen molar-refractivity contribution >= 4 is 5.91 Å². The van der Waals surface area contributed by atoms with Crippen molar-refractivity contribution in [3.8, 4) is 0 Å². The molecule has 4 nitrogen and oxygen atoms in total. The lowest BCUT2D eigenvalue weighted by Crippen LogP contribution is -2.45. The van der Waals surface area contributed by atoms with Crippen molar-refractivity contribution in [2.45, 2.75) is 212 Å². The van der Waals surface area contributed by atoms with Gasteiger partial charge >= 0.3 is 0 Å². The Morgan fingerprint density at radius 1 is 0.472 bits per heavy atom. The first-order valence-corrected chi connectivity index (χ1v) is 22.3. The van der Waals surface area contributed by atoms with Crippen LogP contribution in [0.25, 0.3) is 0 Å². The zero-order valence-corrected chi connectivity index (χ0v) is 34.8. The highest BCUT2D eigenvalue weighted by molar-refractivity contribution is 5.76. The quantitative estimate of drug-likeness (QED) is 0.0435. The highest BCUT2D eigenvalue weighted by Gasteiger charge is 2.17. The number of allylic oxidation sites excluding steroid dienone is 13. The average Bonchev–Trinajstić information content (AvgIpc) is 3.16. The molecule has 0 saturated carbocycles. The van der Waals surface area contributed by atoms with E-state index in [1.54, 1.807) is 6.08 Å². The Hall–Kier alpha value is -2.43. The molecule has 0 heterocycles. The predicted molar refractivity (Wildman–Crippen MR) is 234 cm³/mol. The summed E-state index contributed by atoms with van der Waals surface area (Å²) in [5.74, 6) is -0.0755. The summed E-state index contributed by atoms with van der Waals surface area (Å²) >= 11 is 0. The second-order valence-electron chi connectivity index (χ2n) is 14.7.